The van der Waals surface area contributed by atoms with Gasteiger partial charge in [0.05, 0.1) is 0 Å². The van der Waals surface area contributed by atoms with Gasteiger partial charge >= 0.3 is 142 Å². The first-order chi connectivity index (χ1) is 10.6. The van der Waals surface area contributed by atoms with Crippen LogP contribution in [0.15, 0.2) is 24.3 Å². The van der Waals surface area contributed by atoms with Gasteiger partial charge in [-0.15, -0.1) is 0 Å². The summed E-state index contributed by atoms with van der Waals surface area (Å²) >= 11 is -2.46. The Morgan fingerprint density at radius 2 is 1.32 bits per heavy atom. The van der Waals surface area contributed by atoms with E-state index in [9.17, 15) is 4.79 Å². The van der Waals surface area contributed by atoms with E-state index in [0.29, 0.717) is 0 Å². The Kier molecular flexibility index (Phi) is 9.38. The van der Waals surface area contributed by atoms with E-state index in [0.717, 1.165) is 5.56 Å². The number of carbonyl (C=O) groups excluding carboxylic acids is 1. The molecule has 0 aliphatic heterocycles. The number of Topliss-reactive ketones (excluding diaryl/α,β-unsaturated/α-hetero) is 1. The molecule has 0 amide bonds. The molecule has 0 saturated heterocycles. The van der Waals surface area contributed by atoms with Gasteiger partial charge in [0.15, 0.2) is 0 Å². The van der Waals surface area contributed by atoms with Crippen molar-refractivity contribution in [2.75, 3.05) is 0 Å². The van der Waals surface area contributed by atoms with E-state index in [-0.39, 0.29) is 5.78 Å². The first-order valence-corrected chi connectivity index (χ1v) is 16.7. The summed E-state index contributed by atoms with van der Waals surface area (Å²) in [7, 11) is 0. The predicted octanol–water partition coefficient (Wildman–Crippen LogP) is 5.95. The summed E-state index contributed by atoms with van der Waals surface area (Å²) < 4.78 is 5.81. The van der Waals surface area contributed by atoms with Gasteiger partial charge < -0.3 is 0 Å². The Bertz CT molecular complexity index is 431. The van der Waals surface area contributed by atoms with Crippen LogP contribution < -0.4 is 3.58 Å². The SMILES string of the molecule is CCC[CH2][Sn]([CH2]CCC)([CH2]CCC)[c]1ccccc1C(C)=O. The fourth-order valence-electron chi connectivity index (χ4n) is 3.58. The van der Waals surface area contributed by atoms with Crippen LogP contribution in [0.4, 0.5) is 0 Å². The third-order valence-electron chi connectivity index (χ3n) is 4.90. The fourth-order valence-corrected chi connectivity index (χ4v) is 20.5. The van der Waals surface area contributed by atoms with E-state index in [1.54, 1.807) is 6.92 Å². The molecule has 1 nitrogen and oxygen atoms in total. The monoisotopic (exact) mass is 410 g/mol. The van der Waals surface area contributed by atoms with Gasteiger partial charge in [-0.3, -0.25) is 0 Å². The number of rotatable bonds is 11. The molecule has 0 bridgehead atoms. The minimum absolute atomic E-state index is 0.265. The van der Waals surface area contributed by atoms with Crippen molar-refractivity contribution in [3.05, 3.63) is 29.8 Å². The van der Waals surface area contributed by atoms with Crippen LogP contribution in [0.2, 0.25) is 13.3 Å². The maximum absolute atomic E-state index is 12.2. The van der Waals surface area contributed by atoms with Gasteiger partial charge in [0.25, 0.3) is 0 Å². The van der Waals surface area contributed by atoms with Crippen LogP contribution in [0.25, 0.3) is 0 Å². The van der Waals surface area contributed by atoms with Crippen molar-refractivity contribution < 1.29 is 4.79 Å². The standard InChI is InChI=1S/C8H7O.3C4H9.Sn/c1-7(9)8-5-3-2-4-6-8;3*1-3-4-2;/h2-5H,1H3;3*1,3-4H2,2H3;. The van der Waals surface area contributed by atoms with Crippen LogP contribution >= 0.6 is 0 Å². The zero-order chi connectivity index (χ0) is 16.4. The zero-order valence-corrected chi connectivity index (χ0v) is 17.9. The summed E-state index contributed by atoms with van der Waals surface area (Å²) in [6, 6.07) is 8.59. The first-order valence-electron chi connectivity index (χ1n) is 9.21. The molecule has 0 heterocycles. The van der Waals surface area contributed by atoms with E-state index >= 15 is 0 Å². The Morgan fingerprint density at radius 3 is 1.73 bits per heavy atom. The quantitative estimate of drug-likeness (QED) is 0.326. The molecule has 1 aromatic carbocycles. The molecule has 0 atom stereocenters. The molecule has 0 fully saturated rings. The van der Waals surface area contributed by atoms with Crippen molar-refractivity contribution in [2.45, 2.75) is 79.5 Å². The second-order valence-corrected chi connectivity index (χ2v) is 19.8. The van der Waals surface area contributed by atoms with E-state index in [4.69, 9.17) is 0 Å². The van der Waals surface area contributed by atoms with E-state index in [2.05, 4.69) is 39.0 Å². The molecule has 0 radical (unpaired) electrons. The summed E-state index contributed by atoms with van der Waals surface area (Å²) in [5, 5.41) is 0. The number of carbonyl (C=O) groups is 1. The first kappa shape index (κ1) is 19.7. The van der Waals surface area contributed by atoms with E-state index in [1.165, 1.54) is 55.4 Å². The maximum atomic E-state index is 12.2. The molecule has 0 unspecified atom stereocenters. The number of hydrogen-bond acceptors (Lipinski definition) is 1. The van der Waals surface area contributed by atoms with Gasteiger partial charge in [-0.1, -0.05) is 0 Å². The molecular weight excluding hydrogens is 375 g/mol. The van der Waals surface area contributed by atoms with Gasteiger partial charge in [0.2, 0.25) is 0 Å². The van der Waals surface area contributed by atoms with Crippen molar-refractivity contribution >= 4 is 27.7 Å². The van der Waals surface area contributed by atoms with Crippen molar-refractivity contribution in [2.24, 2.45) is 0 Å². The van der Waals surface area contributed by atoms with Crippen molar-refractivity contribution in [3.8, 4) is 0 Å². The molecule has 2 heteroatoms. The third-order valence-corrected chi connectivity index (χ3v) is 20.6. The molecule has 0 aliphatic carbocycles. The summed E-state index contributed by atoms with van der Waals surface area (Å²) in [4.78, 5) is 12.2. The molecule has 1 aromatic rings. The predicted molar refractivity (Wildman–Crippen MR) is 101 cm³/mol. The Morgan fingerprint density at radius 1 is 0.864 bits per heavy atom. The van der Waals surface area contributed by atoms with Crippen molar-refractivity contribution in [1.82, 2.24) is 0 Å². The van der Waals surface area contributed by atoms with Gasteiger partial charge in [-0.2, -0.15) is 0 Å². The molecule has 22 heavy (non-hydrogen) atoms. The summed E-state index contributed by atoms with van der Waals surface area (Å²) in [5.74, 6) is 0.265. The topological polar surface area (TPSA) is 17.1 Å². The van der Waals surface area contributed by atoms with Gasteiger partial charge in [-0.25, -0.2) is 0 Å². The van der Waals surface area contributed by atoms with Gasteiger partial charge in [0, 0.05) is 0 Å². The van der Waals surface area contributed by atoms with Gasteiger partial charge in [0.1, 0.15) is 0 Å². The Balaban J connectivity index is 3.28. The molecule has 0 spiro atoms. The summed E-state index contributed by atoms with van der Waals surface area (Å²) in [5.41, 5.74) is 1.04. The van der Waals surface area contributed by atoms with Crippen LogP contribution in [0.5, 0.6) is 0 Å². The molecule has 0 saturated carbocycles. The number of unbranched alkanes of at least 4 members (excludes halogenated alkanes) is 3. The average Bonchev–Trinajstić information content (AvgIpc) is 2.54. The Labute approximate surface area is 141 Å². The second kappa shape index (κ2) is 10.5. The minimum atomic E-state index is -2.46. The van der Waals surface area contributed by atoms with Crippen LogP contribution in [0.3, 0.4) is 0 Å². The normalized spacial score (nSPS) is 11.6. The van der Waals surface area contributed by atoms with E-state index < -0.39 is 18.4 Å². The molecule has 124 valence electrons. The fraction of sp³-hybridized carbons (Fsp3) is 0.650. The molecule has 0 N–H and O–H groups in total. The average molecular weight is 409 g/mol. The van der Waals surface area contributed by atoms with Crippen LogP contribution in [-0.2, 0) is 0 Å². The molecule has 0 aromatic heterocycles. The molecule has 0 aliphatic rings. The van der Waals surface area contributed by atoms with Crippen LogP contribution in [-0.4, -0.2) is 24.2 Å². The second-order valence-electron chi connectivity index (χ2n) is 6.69. The van der Waals surface area contributed by atoms with Crippen LogP contribution in [0.1, 0.15) is 76.6 Å². The molecular formula is C20H34OSn. The third kappa shape index (κ3) is 5.40. The van der Waals surface area contributed by atoms with Gasteiger partial charge in [-0.05, 0) is 0 Å². The van der Waals surface area contributed by atoms with Crippen LogP contribution in [0, 0.1) is 0 Å². The molecule has 1 rings (SSSR count). The zero-order valence-electron chi connectivity index (χ0n) is 15.1. The van der Waals surface area contributed by atoms with Crippen molar-refractivity contribution in [1.29, 1.82) is 0 Å². The summed E-state index contributed by atoms with van der Waals surface area (Å²) in [6.45, 7) is 8.64. The van der Waals surface area contributed by atoms with Crippen molar-refractivity contribution in [3.63, 3.8) is 0 Å². The van der Waals surface area contributed by atoms with E-state index in [1.807, 2.05) is 6.07 Å². The Hall–Kier alpha value is -0.311. The number of benzene rings is 1. The number of hydrogen-bond donors (Lipinski definition) is 0. The summed E-state index contributed by atoms with van der Waals surface area (Å²) in [6.07, 6.45) is 7.86. The number of ketones is 1.